The molecular weight excluding hydrogens is 270 g/mol. The van der Waals surface area contributed by atoms with Crippen LogP contribution in [0.2, 0.25) is 0 Å². The highest BCUT2D eigenvalue weighted by atomic mass is 16.4. The zero-order valence-electron chi connectivity index (χ0n) is 12.2. The quantitative estimate of drug-likeness (QED) is 0.861. The molecule has 1 atom stereocenters. The second kappa shape index (κ2) is 6.56. The van der Waals surface area contributed by atoms with E-state index in [1.165, 1.54) is 0 Å². The Labute approximate surface area is 124 Å². The van der Waals surface area contributed by atoms with Crippen LogP contribution in [0.3, 0.4) is 0 Å². The van der Waals surface area contributed by atoms with Crippen molar-refractivity contribution < 1.29 is 14.7 Å². The fourth-order valence-corrected chi connectivity index (χ4v) is 2.64. The Morgan fingerprint density at radius 2 is 2.14 bits per heavy atom. The molecule has 0 aromatic carbocycles. The van der Waals surface area contributed by atoms with Gasteiger partial charge < -0.3 is 15.3 Å². The van der Waals surface area contributed by atoms with E-state index in [4.69, 9.17) is 0 Å². The van der Waals surface area contributed by atoms with Crippen molar-refractivity contribution in [3.8, 4) is 0 Å². The van der Waals surface area contributed by atoms with E-state index in [1.54, 1.807) is 17.3 Å². The molecule has 2 amide bonds. The fourth-order valence-electron chi connectivity index (χ4n) is 2.64. The third-order valence-corrected chi connectivity index (χ3v) is 4.21. The molecule has 6 heteroatoms. The minimum absolute atomic E-state index is 0.180. The number of urea groups is 1. The highest BCUT2D eigenvalue weighted by Crippen LogP contribution is 2.34. The maximum atomic E-state index is 12.1. The van der Waals surface area contributed by atoms with Crippen LogP contribution in [-0.4, -0.2) is 46.6 Å². The number of carbonyl (C=O) groups is 2. The van der Waals surface area contributed by atoms with E-state index in [2.05, 4.69) is 10.3 Å². The normalized spacial score (nSPS) is 21.3. The van der Waals surface area contributed by atoms with E-state index >= 15 is 0 Å². The lowest BCUT2D eigenvalue weighted by Gasteiger charge is -2.23. The van der Waals surface area contributed by atoms with Crippen LogP contribution in [0.25, 0.3) is 0 Å². The van der Waals surface area contributed by atoms with E-state index in [9.17, 15) is 14.7 Å². The number of nitrogens with zero attached hydrogens (tertiary/aromatic N) is 2. The number of rotatable bonds is 5. The summed E-state index contributed by atoms with van der Waals surface area (Å²) in [6.07, 6.45) is 5.25. The van der Waals surface area contributed by atoms with E-state index in [1.807, 2.05) is 19.1 Å². The maximum absolute atomic E-state index is 12.1. The molecule has 1 fully saturated rings. The Bertz CT molecular complexity index is 506. The molecule has 1 aliphatic rings. The summed E-state index contributed by atoms with van der Waals surface area (Å²) in [5, 5.41) is 12.2. The summed E-state index contributed by atoms with van der Waals surface area (Å²) in [6, 6.07) is 3.64. The minimum Gasteiger partial charge on any atom is -0.481 e. The first-order valence-corrected chi connectivity index (χ1v) is 7.22. The molecule has 6 nitrogen and oxygen atoms in total. The number of carboxylic acid groups (broad SMARTS) is 1. The van der Waals surface area contributed by atoms with E-state index < -0.39 is 11.4 Å². The molecule has 0 aliphatic carbocycles. The van der Waals surface area contributed by atoms with Gasteiger partial charge in [-0.05, 0) is 37.0 Å². The monoisotopic (exact) mass is 291 g/mol. The molecule has 1 saturated heterocycles. The predicted molar refractivity (Wildman–Crippen MR) is 77.9 cm³/mol. The molecule has 2 heterocycles. The molecule has 1 aromatic heterocycles. The van der Waals surface area contributed by atoms with Crippen LogP contribution < -0.4 is 5.32 Å². The van der Waals surface area contributed by atoms with Gasteiger partial charge in [-0.2, -0.15) is 0 Å². The third-order valence-electron chi connectivity index (χ3n) is 4.21. The SMILES string of the molecule is CCC1(C(=O)O)CCN(C(=O)NCCc2ccncc2)C1. The molecule has 0 radical (unpaired) electrons. The van der Waals surface area contributed by atoms with Crippen LogP contribution in [0, 0.1) is 5.41 Å². The van der Waals surface area contributed by atoms with Gasteiger partial charge in [-0.1, -0.05) is 6.92 Å². The summed E-state index contributed by atoms with van der Waals surface area (Å²) in [6.45, 7) is 3.19. The Hall–Kier alpha value is -2.11. The number of aliphatic carboxylic acids is 1. The summed E-state index contributed by atoms with van der Waals surface area (Å²) >= 11 is 0. The number of pyridine rings is 1. The van der Waals surface area contributed by atoms with Gasteiger partial charge in [-0.3, -0.25) is 9.78 Å². The summed E-state index contributed by atoms with van der Waals surface area (Å²) in [5.41, 5.74) is 0.336. The van der Waals surface area contributed by atoms with Gasteiger partial charge in [0.1, 0.15) is 0 Å². The molecule has 0 saturated carbocycles. The second-order valence-corrected chi connectivity index (χ2v) is 5.45. The van der Waals surface area contributed by atoms with Gasteiger partial charge in [0.25, 0.3) is 0 Å². The van der Waals surface area contributed by atoms with Crippen LogP contribution in [0.1, 0.15) is 25.3 Å². The van der Waals surface area contributed by atoms with Crippen LogP contribution in [0.15, 0.2) is 24.5 Å². The van der Waals surface area contributed by atoms with Gasteiger partial charge in [0.2, 0.25) is 0 Å². The third kappa shape index (κ3) is 3.51. The highest BCUT2D eigenvalue weighted by Gasteiger charge is 2.44. The Balaban J connectivity index is 1.81. The average Bonchev–Trinajstić information content (AvgIpc) is 2.94. The van der Waals surface area contributed by atoms with Crippen LogP contribution in [0.4, 0.5) is 4.79 Å². The number of aromatic nitrogens is 1. The van der Waals surface area contributed by atoms with Gasteiger partial charge in [0.05, 0.1) is 5.41 Å². The number of nitrogens with one attached hydrogen (secondary N) is 1. The molecule has 1 aliphatic heterocycles. The van der Waals surface area contributed by atoms with Gasteiger partial charge in [-0.15, -0.1) is 0 Å². The number of hydrogen-bond donors (Lipinski definition) is 2. The molecule has 114 valence electrons. The summed E-state index contributed by atoms with van der Waals surface area (Å²) in [4.78, 5) is 29.0. The number of carbonyl (C=O) groups excluding carboxylic acids is 1. The Morgan fingerprint density at radius 3 is 2.71 bits per heavy atom. The summed E-state index contributed by atoms with van der Waals surface area (Å²) < 4.78 is 0. The standard InChI is InChI=1S/C15H21N3O3/c1-2-15(13(19)20)6-10-18(11-15)14(21)17-9-5-12-3-7-16-8-4-12/h3-4,7-8H,2,5-6,9-11H2,1H3,(H,17,21)(H,19,20). The first kappa shape index (κ1) is 15.3. The van der Waals surface area contributed by atoms with Crippen molar-refractivity contribution in [1.29, 1.82) is 0 Å². The number of likely N-dealkylation sites (tertiary alicyclic amines) is 1. The second-order valence-electron chi connectivity index (χ2n) is 5.45. The van der Waals surface area contributed by atoms with Crippen molar-refractivity contribution in [2.45, 2.75) is 26.2 Å². The average molecular weight is 291 g/mol. The van der Waals surface area contributed by atoms with E-state index in [0.717, 1.165) is 12.0 Å². The largest absolute Gasteiger partial charge is 0.481 e. The van der Waals surface area contributed by atoms with Crippen LogP contribution in [-0.2, 0) is 11.2 Å². The van der Waals surface area contributed by atoms with Gasteiger partial charge in [0.15, 0.2) is 0 Å². The lowest BCUT2D eigenvalue weighted by molar-refractivity contribution is -0.148. The zero-order chi connectivity index (χ0) is 15.3. The lowest BCUT2D eigenvalue weighted by Crippen LogP contribution is -2.42. The molecule has 2 rings (SSSR count). The lowest BCUT2D eigenvalue weighted by atomic mass is 9.84. The summed E-state index contributed by atoms with van der Waals surface area (Å²) in [7, 11) is 0. The molecule has 2 N–H and O–H groups in total. The van der Waals surface area contributed by atoms with Crippen LogP contribution >= 0.6 is 0 Å². The summed E-state index contributed by atoms with van der Waals surface area (Å²) in [5.74, 6) is -0.808. The van der Waals surface area contributed by atoms with Crippen molar-refractivity contribution in [2.24, 2.45) is 5.41 Å². The van der Waals surface area contributed by atoms with Gasteiger partial charge in [0, 0.05) is 32.0 Å². The molecule has 1 unspecified atom stereocenters. The van der Waals surface area contributed by atoms with Gasteiger partial charge >= 0.3 is 12.0 Å². The number of hydrogen-bond acceptors (Lipinski definition) is 3. The minimum atomic E-state index is -0.808. The first-order chi connectivity index (χ1) is 10.1. The van der Waals surface area contributed by atoms with Crippen LogP contribution in [0.5, 0.6) is 0 Å². The van der Waals surface area contributed by atoms with Crippen molar-refractivity contribution >= 4 is 12.0 Å². The first-order valence-electron chi connectivity index (χ1n) is 7.22. The fraction of sp³-hybridized carbons (Fsp3) is 0.533. The van der Waals surface area contributed by atoms with Crippen molar-refractivity contribution in [3.05, 3.63) is 30.1 Å². The van der Waals surface area contributed by atoms with E-state index in [-0.39, 0.29) is 6.03 Å². The van der Waals surface area contributed by atoms with Gasteiger partial charge in [-0.25, -0.2) is 4.79 Å². The smallest absolute Gasteiger partial charge is 0.317 e. The zero-order valence-corrected chi connectivity index (χ0v) is 12.2. The molecule has 0 spiro atoms. The molecule has 1 aromatic rings. The topological polar surface area (TPSA) is 82.5 Å². The van der Waals surface area contributed by atoms with Crippen molar-refractivity contribution in [3.63, 3.8) is 0 Å². The van der Waals surface area contributed by atoms with Crippen molar-refractivity contribution in [1.82, 2.24) is 15.2 Å². The molecule has 21 heavy (non-hydrogen) atoms. The molecule has 0 bridgehead atoms. The predicted octanol–water partition coefficient (Wildman–Crippen LogP) is 1.52. The molecular formula is C15H21N3O3. The Kier molecular flexibility index (Phi) is 4.77. The maximum Gasteiger partial charge on any atom is 0.317 e. The van der Waals surface area contributed by atoms with Crippen molar-refractivity contribution in [2.75, 3.05) is 19.6 Å². The number of amides is 2. The number of carboxylic acids is 1. The highest BCUT2D eigenvalue weighted by molar-refractivity contribution is 5.79. The Morgan fingerprint density at radius 1 is 1.43 bits per heavy atom. The van der Waals surface area contributed by atoms with E-state index in [0.29, 0.717) is 32.5 Å².